The lowest BCUT2D eigenvalue weighted by Crippen LogP contribution is -2.31. The molecular formula is C17H21N3O2. The van der Waals surface area contributed by atoms with E-state index in [1.807, 2.05) is 23.1 Å². The highest BCUT2D eigenvalue weighted by Gasteiger charge is 2.24. The van der Waals surface area contributed by atoms with E-state index in [0.717, 1.165) is 25.1 Å². The van der Waals surface area contributed by atoms with Crippen molar-refractivity contribution in [3.05, 3.63) is 41.5 Å². The molecule has 2 aromatic rings. The van der Waals surface area contributed by atoms with Crippen LogP contribution in [-0.2, 0) is 11.2 Å². The summed E-state index contributed by atoms with van der Waals surface area (Å²) < 4.78 is 5.08. The van der Waals surface area contributed by atoms with E-state index in [0.29, 0.717) is 30.5 Å². The van der Waals surface area contributed by atoms with Crippen molar-refractivity contribution >= 4 is 11.6 Å². The van der Waals surface area contributed by atoms with Crippen molar-refractivity contribution in [1.29, 1.82) is 0 Å². The van der Waals surface area contributed by atoms with Gasteiger partial charge < -0.3 is 9.42 Å². The molecule has 0 spiro atoms. The molecule has 5 nitrogen and oxygen atoms in total. The number of carbonyl (C=O) groups is 1. The molecule has 5 heteroatoms. The lowest BCUT2D eigenvalue weighted by atomic mass is 9.96. The third-order valence-corrected chi connectivity index (χ3v) is 4.20. The lowest BCUT2D eigenvalue weighted by molar-refractivity contribution is -0.118. The summed E-state index contributed by atoms with van der Waals surface area (Å²) in [6.45, 7) is 4.79. The predicted molar refractivity (Wildman–Crippen MR) is 83.8 cm³/mol. The number of anilines is 1. The average Bonchev–Trinajstić information content (AvgIpc) is 2.86. The van der Waals surface area contributed by atoms with Crippen LogP contribution in [0.25, 0.3) is 0 Å². The number of hydrogen-bond donors (Lipinski definition) is 0. The van der Waals surface area contributed by atoms with E-state index in [2.05, 4.69) is 23.1 Å². The van der Waals surface area contributed by atoms with Crippen LogP contribution < -0.4 is 4.90 Å². The smallest absolute Gasteiger partial charge is 0.227 e. The summed E-state index contributed by atoms with van der Waals surface area (Å²) in [5.74, 6) is 1.75. The summed E-state index contributed by atoms with van der Waals surface area (Å²) in [5.41, 5.74) is 2.32. The van der Waals surface area contributed by atoms with Crippen LogP contribution in [0.4, 0.5) is 5.69 Å². The number of aryl methyl sites for hydroxylation is 2. The van der Waals surface area contributed by atoms with Gasteiger partial charge in [-0.15, -0.1) is 0 Å². The molecule has 1 aliphatic heterocycles. The van der Waals surface area contributed by atoms with Crippen molar-refractivity contribution in [3.8, 4) is 0 Å². The third-order valence-electron chi connectivity index (χ3n) is 4.20. The summed E-state index contributed by atoms with van der Waals surface area (Å²) in [4.78, 5) is 18.7. The third kappa shape index (κ3) is 3.03. The first-order valence-corrected chi connectivity index (χ1v) is 7.83. The molecule has 1 aromatic heterocycles. The van der Waals surface area contributed by atoms with E-state index >= 15 is 0 Å². The molecule has 1 aliphatic rings. The maximum absolute atomic E-state index is 12.6. The van der Waals surface area contributed by atoms with Gasteiger partial charge in [0.1, 0.15) is 0 Å². The summed E-state index contributed by atoms with van der Waals surface area (Å²) >= 11 is 0. The molecule has 116 valence electrons. The molecule has 22 heavy (non-hydrogen) atoms. The molecule has 0 bridgehead atoms. The topological polar surface area (TPSA) is 59.2 Å². The van der Waals surface area contributed by atoms with Crippen LogP contribution in [-0.4, -0.2) is 22.6 Å². The van der Waals surface area contributed by atoms with Crippen LogP contribution in [0.3, 0.4) is 0 Å². The van der Waals surface area contributed by atoms with Crippen molar-refractivity contribution < 1.29 is 9.32 Å². The molecule has 0 fully saturated rings. The molecule has 2 heterocycles. The van der Waals surface area contributed by atoms with Gasteiger partial charge in [-0.25, -0.2) is 0 Å². The van der Waals surface area contributed by atoms with Gasteiger partial charge in [-0.05, 0) is 37.3 Å². The molecule has 0 N–H and O–H groups in total. The molecule has 0 saturated carbocycles. The van der Waals surface area contributed by atoms with Crippen LogP contribution >= 0.6 is 0 Å². The number of para-hydroxylation sites is 1. The average molecular weight is 299 g/mol. The standard InChI is InChI=1S/C17H21N3O2/c1-12-6-5-11-20(15-8-4-3-7-14(12)15)17(21)10-9-16-18-13(2)19-22-16/h3-4,7-8,12H,5-6,9-11H2,1-2H3/t12-/m1/s1. The van der Waals surface area contributed by atoms with Gasteiger partial charge in [-0.3, -0.25) is 4.79 Å². The second-order valence-electron chi connectivity index (χ2n) is 5.88. The first-order chi connectivity index (χ1) is 10.6. The number of aromatic nitrogens is 2. The van der Waals surface area contributed by atoms with Gasteiger partial charge in [-0.1, -0.05) is 30.3 Å². The molecule has 0 aliphatic carbocycles. The first kappa shape index (κ1) is 14.8. The second-order valence-corrected chi connectivity index (χ2v) is 5.88. The van der Waals surface area contributed by atoms with Gasteiger partial charge in [0.25, 0.3) is 0 Å². The molecule has 0 saturated heterocycles. The van der Waals surface area contributed by atoms with Crippen LogP contribution in [0, 0.1) is 6.92 Å². The molecule has 1 atom stereocenters. The maximum Gasteiger partial charge on any atom is 0.227 e. The van der Waals surface area contributed by atoms with Gasteiger partial charge in [0.05, 0.1) is 0 Å². The number of carbonyl (C=O) groups excluding carboxylic acids is 1. The molecule has 1 amide bonds. The number of hydrogen-bond acceptors (Lipinski definition) is 4. The summed E-state index contributed by atoms with van der Waals surface area (Å²) in [6, 6.07) is 8.22. The summed E-state index contributed by atoms with van der Waals surface area (Å²) in [5, 5.41) is 3.76. The first-order valence-electron chi connectivity index (χ1n) is 7.83. The van der Waals surface area contributed by atoms with Crippen molar-refractivity contribution in [1.82, 2.24) is 10.1 Å². The second kappa shape index (κ2) is 6.30. The van der Waals surface area contributed by atoms with E-state index in [4.69, 9.17) is 4.52 Å². The van der Waals surface area contributed by atoms with Crippen LogP contribution in [0.2, 0.25) is 0 Å². The fourth-order valence-corrected chi connectivity index (χ4v) is 3.03. The largest absolute Gasteiger partial charge is 0.339 e. The highest BCUT2D eigenvalue weighted by atomic mass is 16.5. The molecule has 3 rings (SSSR count). The van der Waals surface area contributed by atoms with E-state index in [-0.39, 0.29) is 5.91 Å². The number of nitrogens with zero attached hydrogens (tertiary/aromatic N) is 3. The van der Waals surface area contributed by atoms with Crippen LogP contribution in [0.5, 0.6) is 0 Å². The summed E-state index contributed by atoms with van der Waals surface area (Å²) in [7, 11) is 0. The Morgan fingerprint density at radius 1 is 1.41 bits per heavy atom. The highest BCUT2D eigenvalue weighted by Crippen LogP contribution is 2.34. The SMILES string of the molecule is Cc1noc(CCC(=O)N2CCC[C@@H](C)c3ccccc32)n1. The van der Waals surface area contributed by atoms with E-state index in [9.17, 15) is 4.79 Å². The Kier molecular flexibility index (Phi) is 4.22. The van der Waals surface area contributed by atoms with Gasteiger partial charge >= 0.3 is 0 Å². The minimum Gasteiger partial charge on any atom is -0.339 e. The summed E-state index contributed by atoms with van der Waals surface area (Å²) in [6.07, 6.45) is 3.03. The number of rotatable bonds is 3. The van der Waals surface area contributed by atoms with Crippen LogP contribution in [0.15, 0.2) is 28.8 Å². The monoisotopic (exact) mass is 299 g/mol. The van der Waals surface area contributed by atoms with E-state index in [1.54, 1.807) is 6.92 Å². The fraction of sp³-hybridized carbons (Fsp3) is 0.471. The molecular weight excluding hydrogens is 278 g/mol. The Hall–Kier alpha value is -2.17. The number of fused-ring (bicyclic) bond motifs is 1. The van der Waals surface area contributed by atoms with Gasteiger partial charge in [0, 0.05) is 25.1 Å². The number of amides is 1. The Morgan fingerprint density at radius 3 is 3.00 bits per heavy atom. The quantitative estimate of drug-likeness (QED) is 0.873. The van der Waals surface area contributed by atoms with Crippen molar-refractivity contribution in [2.24, 2.45) is 0 Å². The van der Waals surface area contributed by atoms with Gasteiger partial charge in [-0.2, -0.15) is 4.98 Å². The van der Waals surface area contributed by atoms with Gasteiger partial charge in [0.15, 0.2) is 5.82 Å². The Bertz CT molecular complexity index is 665. The minimum atomic E-state index is 0.123. The Labute approximate surface area is 130 Å². The van der Waals surface area contributed by atoms with E-state index < -0.39 is 0 Å². The molecule has 0 unspecified atom stereocenters. The Balaban J connectivity index is 1.75. The predicted octanol–water partition coefficient (Wildman–Crippen LogP) is 3.24. The number of benzene rings is 1. The van der Waals surface area contributed by atoms with E-state index in [1.165, 1.54) is 5.56 Å². The van der Waals surface area contributed by atoms with Crippen molar-refractivity contribution in [3.63, 3.8) is 0 Å². The Morgan fingerprint density at radius 2 is 2.23 bits per heavy atom. The van der Waals surface area contributed by atoms with Crippen molar-refractivity contribution in [2.75, 3.05) is 11.4 Å². The maximum atomic E-state index is 12.6. The normalized spacial score (nSPS) is 17.9. The van der Waals surface area contributed by atoms with Gasteiger partial charge in [0.2, 0.25) is 11.8 Å². The van der Waals surface area contributed by atoms with Crippen LogP contribution in [0.1, 0.15) is 49.4 Å². The fourth-order valence-electron chi connectivity index (χ4n) is 3.03. The minimum absolute atomic E-state index is 0.123. The van der Waals surface area contributed by atoms with Crippen molar-refractivity contribution in [2.45, 2.75) is 45.4 Å². The zero-order valence-corrected chi connectivity index (χ0v) is 13.1. The molecule has 0 radical (unpaired) electrons. The zero-order valence-electron chi connectivity index (χ0n) is 13.1. The lowest BCUT2D eigenvalue weighted by Gasteiger charge is -2.23. The molecule has 1 aromatic carbocycles. The zero-order chi connectivity index (χ0) is 15.5. The highest BCUT2D eigenvalue weighted by molar-refractivity contribution is 5.94.